The van der Waals surface area contributed by atoms with Gasteiger partial charge in [-0.1, -0.05) is 56.7 Å². The van der Waals surface area contributed by atoms with Crippen molar-refractivity contribution >= 4 is 17.7 Å². The molecule has 6 atom stereocenters. The average molecular weight is 844 g/mol. The van der Waals surface area contributed by atoms with Gasteiger partial charge in [-0.05, 0) is 169 Å². The minimum absolute atomic E-state index is 0.0521. The second-order valence-electron chi connectivity index (χ2n) is 22.1. The molecule has 0 radical (unpaired) electrons. The molecule has 6 saturated carbocycles. The van der Waals surface area contributed by atoms with Crippen LogP contribution in [-0.4, -0.2) is 63.2 Å². The standard InChI is InChI=1S/C51H64F3NO6/c1-31-8-7-16-46(4)41(39-14-12-32(23-38(56)13-11-31)24-40(39)42(57)36-9-6-10-37(25-36)51(52,53)54)15-17-49(46,60)30-55(29-48-26-33-20-34(27-48)22-35(21-33)28-48)43(58)50-19-18-47(5,44(59)61-50)45(50,2)3/h6,8-10,12,14,24-25,33-35,38,41,56,60H,7,11,13,15-23,26-30H2,1-5H3. The fourth-order valence-corrected chi connectivity index (χ4v) is 14.6. The largest absolute Gasteiger partial charge is 0.448 e. The normalized spacial score (nSPS) is 38.8. The number of amides is 1. The number of ketones is 1. The number of halogens is 3. The zero-order chi connectivity index (χ0) is 43.5. The quantitative estimate of drug-likeness (QED) is 0.163. The third-order valence-electron chi connectivity index (χ3n) is 18.2. The number of fused-ring (bicyclic) bond motifs is 10. The van der Waals surface area contributed by atoms with Crippen LogP contribution in [-0.2, 0) is 26.9 Å². The summed E-state index contributed by atoms with van der Waals surface area (Å²) in [4.78, 5) is 45.8. The number of hydrogen-bond donors (Lipinski definition) is 2. The zero-order valence-corrected chi connectivity index (χ0v) is 36.6. The van der Waals surface area contributed by atoms with Gasteiger partial charge in [0.05, 0.1) is 29.2 Å². The zero-order valence-electron chi connectivity index (χ0n) is 36.6. The minimum Gasteiger partial charge on any atom is -0.448 e. The Kier molecular flexibility index (Phi) is 10.2. The van der Waals surface area contributed by atoms with Gasteiger partial charge >= 0.3 is 12.1 Å². The number of aliphatic hydroxyl groups is 2. The summed E-state index contributed by atoms with van der Waals surface area (Å²) in [5.41, 5.74) is -3.48. The van der Waals surface area contributed by atoms with E-state index in [9.17, 15) is 33.0 Å². The van der Waals surface area contributed by atoms with Crippen LogP contribution in [0.5, 0.6) is 0 Å². The molecule has 10 heteroatoms. The maximum absolute atomic E-state index is 15.7. The summed E-state index contributed by atoms with van der Waals surface area (Å²) in [6.45, 7) is 10.6. The van der Waals surface area contributed by atoms with Gasteiger partial charge < -0.3 is 19.8 Å². The van der Waals surface area contributed by atoms with Gasteiger partial charge in [0.2, 0.25) is 0 Å². The molecule has 8 bridgehead atoms. The molecule has 2 N–H and O–H groups in total. The molecule has 1 amide bonds. The molecule has 1 saturated heterocycles. The number of rotatable bonds is 7. The van der Waals surface area contributed by atoms with Gasteiger partial charge in [-0.25, -0.2) is 0 Å². The van der Waals surface area contributed by atoms with Crippen LogP contribution in [0.4, 0.5) is 13.2 Å². The van der Waals surface area contributed by atoms with Crippen LogP contribution < -0.4 is 0 Å². The third kappa shape index (κ3) is 6.77. The predicted octanol–water partition coefficient (Wildman–Crippen LogP) is 10.1. The molecule has 6 unspecified atom stereocenters. The molecule has 61 heavy (non-hydrogen) atoms. The Morgan fingerprint density at radius 1 is 0.885 bits per heavy atom. The number of esters is 1. The Bertz CT molecular complexity index is 2120. The molecular weight excluding hydrogens is 780 g/mol. The Hall–Kier alpha value is -3.50. The minimum atomic E-state index is -4.63. The molecule has 1 heterocycles. The molecule has 0 spiro atoms. The van der Waals surface area contributed by atoms with Crippen molar-refractivity contribution in [3.63, 3.8) is 0 Å². The van der Waals surface area contributed by atoms with Crippen LogP contribution in [0.25, 0.3) is 0 Å². The lowest BCUT2D eigenvalue weighted by atomic mass is 9.49. The van der Waals surface area contributed by atoms with E-state index in [0.717, 1.165) is 37.0 Å². The van der Waals surface area contributed by atoms with Crippen molar-refractivity contribution in [3.05, 3.63) is 81.9 Å². The van der Waals surface area contributed by atoms with Crippen molar-refractivity contribution in [1.29, 1.82) is 0 Å². The van der Waals surface area contributed by atoms with Crippen LogP contribution in [0.15, 0.2) is 54.1 Å². The number of allylic oxidation sites excluding steroid dienone is 2. The summed E-state index contributed by atoms with van der Waals surface area (Å²) in [7, 11) is 0. The van der Waals surface area contributed by atoms with Crippen molar-refractivity contribution in [3.8, 4) is 0 Å². The van der Waals surface area contributed by atoms with Gasteiger partial charge in [-0.3, -0.25) is 14.4 Å². The Morgan fingerprint density at radius 2 is 1.57 bits per heavy atom. The molecule has 11 rings (SSSR count). The molecule has 2 aromatic carbocycles. The number of aliphatic hydroxyl groups excluding tert-OH is 1. The van der Waals surface area contributed by atoms with Crippen molar-refractivity contribution < 1.29 is 42.5 Å². The summed E-state index contributed by atoms with van der Waals surface area (Å²) in [6.07, 6.45) is 8.20. The van der Waals surface area contributed by atoms with Gasteiger partial charge in [-0.2, -0.15) is 13.2 Å². The predicted molar refractivity (Wildman–Crippen MR) is 225 cm³/mol. The molecule has 1 aliphatic heterocycles. The molecule has 2 aromatic rings. The molecule has 330 valence electrons. The number of carbonyl (C=O) groups is 3. The summed E-state index contributed by atoms with van der Waals surface area (Å²) in [5.74, 6) is 0.455. The van der Waals surface area contributed by atoms with E-state index in [2.05, 4.69) is 19.9 Å². The van der Waals surface area contributed by atoms with E-state index in [-0.39, 0.29) is 47.3 Å². The topological polar surface area (TPSA) is 104 Å². The van der Waals surface area contributed by atoms with Crippen molar-refractivity contribution in [1.82, 2.24) is 4.90 Å². The van der Waals surface area contributed by atoms with Crippen LogP contribution >= 0.6 is 0 Å². The van der Waals surface area contributed by atoms with E-state index in [1.54, 1.807) is 6.07 Å². The van der Waals surface area contributed by atoms with Crippen LogP contribution in [0.1, 0.15) is 163 Å². The lowest BCUT2D eigenvalue weighted by molar-refractivity contribution is -0.181. The smallest absolute Gasteiger partial charge is 0.416 e. The van der Waals surface area contributed by atoms with E-state index < -0.39 is 51.1 Å². The lowest BCUT2D eigenvalue weighted by Crippen LogP contribution is -2.63. The van der Waals surface area contributed by atoms with E-state index in [4.69, 9.17) is 4.74 Å². The molecule has 0 aromatic heterocycles. The van der Waals surface area contributed by atoms with E-state index in [0.29, 0.717) is 86.8 Å². The molecule has 9 aliphatic rings. The van der Waals surface area contributed by atoms with E-state index >= 15 is 4.79 Å². The summed E-state index contributed by atoms with van der Waals surface area (Å²) >= 11 is 0. The van der Waals surface area contributed by atoms with Gasteiger partial charge in [0.15, 0.2) is 11.4 Å². The highest BCUT2D eigenvalue weighted by atomic mass is 19.4. The second-order valence-corrected chi connectivity index (χ2v) is 22.1. The van der Waals surface area contributed by atoms with Crippen molar-refractivity contribution in [2.24, 2.45) is 39.4 Å². The summed E-state index contributed by atoms with van der Waals surface area (Å²) < 4.78 is 48.1. The van der Waals surface area contributed by atoms with Gasteiger partial charge in [0.25, 0.3) is 5.91 Å². The van der Waals surface area contributed by atoms with Crippen LogP contribution in [0.3, 0.4) is 0 Å². The number of benzene rings is 2. The second kappa shape index (κ2) is 14.5. The highest BCUT2D eigenvalue weighted by Gasteiger charge is 2.76. The highest BCUT2D eigenvalue weighted by Crippen LogP contribution is 2.67. The molecular formula is C51H64F3NO6. The number of hydrogen-bond acceptors (Lipinski definition) is 6. The lowest BCUT2D eigenvalue weighted by Gasteiger charge is -2.58. The van der Waals surface area contributed by atoms with Gasteiger partial charge in [-0.15, -0.1) is 0 Å². The Morgan fingerprint density at radius 3 is 2.20 bits per heavy atom. The molecule has 7 nitrogen and oxygen atoms in total. The summed E-state index contributed by atoms with van der Waals surface area (Å²) in [5, 5.41) is 24.7. The maximum Gasteiger partial charge on any atom is 0.416 e. The fourth-order valence-electron chi connectivity index (χ4n) is 14.6. The van der Waals surface area contributed by atoms with Gasteiger partial charge in [0.1, 0.15) is 0 Å². The number of ether oxygens (including phenoxy) is 1. The Balaban J connectivity index is 1.14. The number of nitrogens with zero attached hydrogens (tertiary/aromatic N) is 1. The van der Waals surface area contributed by atoms with Gasteiger partial charge in [0, 0.05) is 28.5 Å². The van der Waals surface area contributed by atoms with Crippen LogP contribution in [0, 0.1) is 39.4 Å². The fraction of sp³-hybridized carbons (Fsp3) is 0.667. The number of alkyl halides is 3. The third-order valence-corrected chi connectivity index (χ3v) is 18.2. The Labute approximate surface area is 358 Å². The van der Waals surface area contributed by atoms with Crippen LogP contribution in [0.2, 0.25) is 0 Å². The first-order valence-electron chi connectivity index (χ1n) is 23.0. The number of carbonyl (C=O) groups excluding carboxylic acids is 3. The average Bonchev–Trinajstić information content (AvgIpc) is 3.62. The monoisotopic (exact) mass is 843 g/mol. The maximum atomic E-state index is 15.7. The first-order valence-corrected chi connectivity index (χ1v) is 23.0. The first-order chi connectivity index (χ1) is 28.6. The van der Waals surface area contributed by atoms with Crippen molar-refractivity contribution in [2.45, 2.75) is 160 Å². The van der Waals surface area contributed by atoms with E-state index in [1.807, 2.05) is 37.8 Å². The summed E-state index contributed by atoms with van der Waals surface area (Å²) in [6, 6.07) is 10.1. The molecule has 8 aliphatic carbocycles. The SMILES string of the molecule is CC1=CCCC2(C)C(CCC2(O)CN(CC23CC4CC(CC(C4)C2)C3)C(=O)C23CCC(C)(C(=O)O2)C3(C)C)c2ccc(cc2C(=O)c2cccc(C(F)(F)F)c2)CC(O)CC1. The molecule has 7 fully saturated rings. The van der Waals surface area contributed by atoms with E-state index in [1.165, 1.54) is 31.4 Å². The first kappa shape index (κ1) is 42.8. The highest BCUT2D eigenvalue weighted by molar-refractivity contribution is 6.10. The van der Waals surface area contributed by atoms with Crippen molar-refractivity contribution in [2.75, 3.05) is 13.1 Å².